The highest BCUT2D eigenvalue weighted by Gasteiger charge is 2.24. The number of aromatic nitrogens is 2. The first kappa shape index (κ1) is 20.5. The Morgan fingerprint density at radius 2 is 1.65 bits per heavy atom. The van der Waals surface area contributed by atoms with E-state index >= 15 is 0 Å². The molecule has 0 spiro atoms. The quantitative estimate of drug-likeness (QED) is 0.430. The van der Waals surface area contributed by atoms with Crippen molar-refractivity contribution in [3.05, 3.63) is 102 Å². The van der Waals surface area contributed by atoms with Gasteiger partial charge in [-0.3, -0.25) is 9.89 Å². The molecular formula is C25H22FN3O2. The van der Waals surface area contributed by atoms with Gasteiger partial charge in [0.15, 0.2) is 0 Å². The zero-order chi connectivity index (χ0) is 21.8. The Morgan fingerprint density at radius 1 is 0.968 bits per heavy atom. The van der Waals surface area contributed by atoms with E-state index in [0.717, 1.165) is 27.8 Å². The zero-order valence-electron chi connectivity index (χ0n) is 17.2. The second kappa shape index (κ2) is 8.93. The van der Waals surface area contributed by atoms with E-state index in [0.29, 0.717) is 5.56 Å². The van der Waals surface area contributed by atoms with E-state index in [1.54, 1.807) is 31.6 Å². The van der Waals surface area contributed by atoms with Gasteiger partial charge in [-0.15, -0.1) is 5.06 Å². The van der Waals surface area contributed by atoms with E-state index in [1.165, 1.54) is 18.1 Å². The third kappa shape index (κ3) is 4.54. The van der Waals surface area contributed by atoms with Crippen LogP contribution < -0.4 is 0 Å². The van der Waals surface area contributed by atoms with Crippen LogP contribution in [0.15, 0.2) is 85.2 Å². The van der Waals surface area contributed by atoms with Gasteiger partial charge in [-0.2, -0.15) is 5.10 Å². The minimum Gasteiger partial charge on any atom is -0.368 e. The number of benzene rings is 3. The first-order valence-corrected chi connectivity index (χ1v) is 9.88. The van der Waals surface area contributed by atoms with Crippen LogP contribution in [-0.2, 0) is 9.63 Å². The molecule has 1 unspecified atom stereocenters. The van der Waals surface area contributed by atoms with Crippen LogP contribution in [0.1, 0.15) is 24.1 Å². The summed E-state index contributed by atoms with van der Waals surface area (Å²) in [5, 5.41) is 8.22. The molecule has 0 saturated heterocycles. The number of halogens is 1. The number of rotatable bonds is 6. The van der Waals surface area contributed by atoms with Crippen LogP contribution in [0.4, 0.5) is 4.39 Å². The lowest BCUT2D eigenvalue weighted by Crippen LogP contribution is -2.27. The fraction of sp³-hybridized carbons (Fsp3) is 0.120. The number of nitrogens with one attached hydrogen (secondary N) is 1. The van der Waals surface area contributed by atoms with Gasteiger partial charge in [-0.25, -0.2) is 4.39 Å². The maximum Gasteiger partial charge on any atom is 0.322 e. The highest BCUT2D eigenvalue weighted by molar-refractivity contribution is 5.71. The summed E-state index contributed by atoms with van der Waals surface area (Å²) in [5.41, 5.74) is 4.97. The number of hydrogen-bond donors (Lipinski definition) is 1. The van der Waals surface area contributed by atoms with Gasteiger partial charge in [-0.1, -0.05) is 60.7 Å². The van der Waals surface area contributed by atoms with E-state index in [9.17, 15) is 9.18 Å². The first-order valence-electron chi connectivity index (χ1n) is 9.88. The second-order valence-electron chi connectivity index (χ2n) is 7.25. The van der Waals surface area contributed by atoms with E-state index in [4.69, 9.17) is 4.84 Å². The first-order chi connectivity index (χ1) is 15.0. The summed E-state index contributed by atoms with van der Waals surface area (Å²) in [7, 11) is 1.66. The van der Waals surface area contributed by atoms with Gasteiger partial charge in [0.05, 0.1) is 12.2 Å². The summed E-state index contributed by atoms with van der Waals surface area (Å²) in [6.07, 6.45) is 3.38. The van der Waals surface area contributed by atoms with Crippen LogP contribution in [-0.4, -0.2) is 28.3 Å². The monoisotopic (exact) mass is 415 g/mol. The number of hydrogen-bond acceptors (Lipinski definition) is 4. The minimum absolute atomic E-state index is 0.322. The summed E-state index contributed by atoms with van der Waals surface area (Å²) in [6, 6.07) is 22.3. The molecule has 1 aromatic heterocycles. The lowest BCUT2D eigenvalue weighted by molar-refractivity contribution is -0.188. The van der Waals surface area contributed by atoms with Crippen molar-refractivity contribution in [1.82, 2.24) is 15.3 Å². The largest absolute Gasteiger partial charge is 0.368 e. The predicted octanol–water partition coefficient (Wildman–Crippen LogP) is 5.38. The molecule has 4 aromatic rings. The van der Waals surface area contributed by atoms with Gasteiger partial charge in [-0.05, 0) is 34.4 Å². The van der Waals surface area contributed by atoms with Crippen LogP contribution in [0.3, 0.4) is 0 Å². The summed E-state index contributed by atoms with van der Waals surface area (Å²) >= 11 is 0. The van der Waals surface area contributed by atoms with E-state index in [2.05, 4.69) is 10.2 Å². The molecule has 0 aliphatic rings. The SMILES string of the molecule is CC(=O)ON(C)C(c1cn[nH]c1)c1ccc(F)c(-c2ccc(-c3ccccc3)cc2)c1. The smallest absolute Gasteiger partial charge is 0.322 e. The van der Waals surface area contributed by atoms with Crippen LogP contribution >= 0.6 is 0 Å². The fourth-order valence-electron chi connectivity index (χ4n) is 3.69. The number of hydroxylamine groups is 2. The van der Waals surface area contributed by atoms with E-state index < -0.39 is 12.0 Å². The Balaban J connectivity index is 1.71. The molecule has 6 heteroatoms. The molecule has 4 rings (SSSR count). The maximum atomic E-state index is 14.8. The van der Waals surface area contributed by atoms with Crippen LogP contribution in [0.5, 0.6) is 0 Å². The molecule has 0 amide bonds. The van der Waals surface area contributed by atoms with E-state index in [1.807, 2.05) is 54.6 Å². The Kier molecular flexibility index (Phi) is 5.91. The van der Waals surface area contributed by atoms with Crippen LogP contribution in [0, 0.1) is 5.82 Å². The van der Waals surface area contributed by atoms with Gasteiger partial charge in [0, 0.05) is 31.3 Å². The highest BCUT2D eigenvalue weighted by Crippen LogP contribution is 2.33. The molecule has 0 aliphatic carbocycles. The van der Waals surface area contributed by atoms with Crippen molar-refractivity contribution in [3.8, 4) is 22.3 Å². The van der Waals surface area contributed by atoms with Crippen LogP contribution in [0.25, 0.3) is 22.3 Å². The van der Waals surface area contributed by atoms with Crippen molar-refractivity contribution in [2.24, 2.45) is 0 Å². The summed E-state index contributed by atoms with van der Waals surface area (Å²) in [5.74, 6) is -0.757. The molecule has 0 radical (unpaired) electrons. The molecule has 0 saturated carbocycles. The number of aromatic amines is 1. The van der Waals surface area contributed by atoms with Crippen molar-refractivity contribution in [3.63, 3.8) is 0 Å². The molecule has 3 aromatic carbocycles. The van der Waals surface area contributed by atoms with Gasteiger partial charge >= 0.3 is 5.97 Å². The summed E-state index contributed by atoms with van der Waals surface area (Å²) < 4.78 is 14.8. The standard InChI is InChI=1S/C25H22FN3O2/c1-17(30)31-29(2)25(22-15-27-28-16-22)21-12-13-24(26)23(14-21)20-10-8-19(9-11-20)18-6-4-3-5-7-18/h3-16,25H,1-2H3,(H,27,28). The molecule has 1 N–H and O–H groups in total. The van der Waals surface area contributed by atoms with Gasteiger partial charge in [0.25, 0.3) is 0 Å². The van der Waals surface area contributed by atoms with Crippen molar-refractivity contribution in [2.75, 3.05) is 7.05 Å². The highest BCUT2D eigenvalue weighted by atomic mass is 19.1. The van der Waals surface area contributed by atoms with E-state index in [-0.39, 0.29) is 5.82 Å². The second-order valence-corrected chi connectivity index (χ2v) is 7.25. The minimum atomic E-state index is -0.439. The third-order valence-corrected chi connectivity index (χ3v) is 5.08. The maximum absolute atomic E-state index is 14.8. The Labute approximate surface area is 180 Å². The van der Waals surface area contributed by atoms with Gasteiger partial charge in [0.1, 0.15) is 5.82 Å². The number of nitrogens with zero attached hydrogens (tertiary/aromatic N) is 2. The number of H-pyrrole nitrogens is 1. The van der Waals surface area contributed by atoms with Gasteiger partial charge < -0.3 is 4.84 Å². The summed E-state index contributed by atoms with van der Waals surface area (Å²) in [4.78, 5) is 16.8. The topological polar surface area (TPSA) is 58.2 Å². The molecule has 0 aliphatic heterocycles. The molecule has 0 fully saturated rings. The van der Waals surface area contributed by atoms with Crippen molar-refractivity contribution in [2.45, 2.75) is 13.0 Å². The molecule has 1 atom stereocenters. The molecule has 31 heavy (non-hydrogen) atoms. The zero-order valence-corrected chi connectivity index (χ0v) is 17.2. The third-order valence-electron chi connectivity index (χ3n) is 5.08. The Morgan fingerprint density at radius 3 is 2.29 bits per heavy atom. The Hall–Kier alpha value is -3.77. The molecular weight excluding hydrogens is 393 g/mol. The van der Waals surface area contributed by atoms with Gasteiger partial charge in [0.2, 0.25) is 0 Å². The number of carbonyl (C=O) groups excluding carboxylic acids is 1. The van der Waals surface area contributed by atoms with Crippen molar-refractivity contribution >= 4 is 5.97 Å². The molecule has 0 bridgehead atoms. The lowest BCUT2D eigenvalue weighted by Gasteiger charge is -2.26. The van der Waals surface area contributed by atoms with Crippen molar-refractivity contribution in [1.29, 1.82) is 0 Å². The average Bonchev–Trinajstić information content (AvgIpc) is 3.29. The van der Waals surface area contributed by atoms with Crippen LogP contribution in [0.2, 0.25) is 0 Å². The fourth-order valence-corrected chi connectivity index (χ4v) is 3.69. The van der Waals surface area contributed by atoms with Crippen molar-refractivity contribution < 1.29 is 14.0 Å². The lowest BCUT2D eigenvalue weighted by atomic mass is 9.95. The molecule has 1 heterocycles. The molecule has 156 valence electrons. The average molecular weight is 415 g/mol. The summed E-state index contributed by atoms with van der Waals surface area (Å²) in [6.45, 7) is 1.34. The number of carbonyl (C=O) groups is 1. The molecule has 5 nitrogen and oxygen atoms in total. The Bertz CT molecular complexity index is 1160. The normalized spacial score (nSPS) is 12.0. The predicted molar refractivity (Wildman–Crippen MR) is 117 cm³/mol.